The van der Waals surface area contributed by atoms with Crippen LogP contribution in [0.2, 0.25) is 0 Å². The van der Waals surface area contributed by atoms with E-state index in [1.54, 1.807) is 7.11 Å². The van der Waals surface area contributed by atoms with E-state index < -0.39 is 0 Å². The SMILES string of the molecule is COc1cc([N+](C)(C)C2CCNCC2)ccc1N. The molecule has 1 saturated heterocycles. The van der Waals surface area contributed by atoms with E-state index in [0.717, 1.165) is 23.3 Å². The fourth-order valence-corrected chi connectivity index (χ4v) is 2.72. The molecule has 1 aromatic rings. The minimum Gasteiger partial charge on any atom is -0.494 e. The molecule has 1 aliphatic rings. The number of nitrogen functional groups attached to an aromatic ring is 1. The second kappa shape index (κ2) is 5.16. The Balaban J connectivity index is 2.27. The Kier molecular flexibility index (Phi) is 3.78. The Labute approximate surface area is 109 Å². The first-order valence-corrected chi connectivity index (χ1v) is 6.54. The van der Waals surface area contributed by atoms with Crippen LogP contribution >= 0.6 is 0 Å². The maximum Gasteiger partial charge on any atom is 0.147 e. The minimum atomic E-state index is 0.652. The van der Waals surface area contributed by atoms with Crippen LogP contribution in [-0.4, -0.2) is 40.3 Å². The van der Waals surface area contributed by atoms with E-state index in [0.29, 0.717) is 11.7 Å². The molecule has 4 heteroatoms. The maximum absolute atomic E-state index is 5.88. The van der Waals surface area contributed by atoms with Crippen molar-refractivity contribution in [2.24, 2.45) is 0 Å². The molecule has 0 aromatic heterocycles. The van der Waals surface area contributed by atoms with Crippen LogP contribution in [0.3, 0.4) is 0 Å². The molecule has 1 heterocycles. The molecule has 100 valence electrons. The molecular weight excluding hydrogens is 226 g/mol. The summed E-state index contributed by atoms with van der Waals surface area (Å²) in [5.41, 5.74) is 7.84. The third-order valence-electron chi connectivity index (χ3n) is 4.10. The number of rotatable bonds is 3. The van der Waals surface area contributed by atoms with Crippen molar-refractivity contribution in [1.29, 1.82) is 0 Å². The first-order valence-electron chi connectivity index (χ1n) is 6.54. The molecule has 2 rings (SSSR count). The second-order valence-corrected chi connectivity index (χ2v) is 5.45. The summed E-state index contributed by atoms with van der Waals surface area (Å²) >= 11 is 0. The van der Waals surface area contributed by atoms with Gasteiger partial charge in [0, 0.05) is 38.1 Å². The molecule has 1 fully saturated rings. The highest BCUT2D eigenvalue weighted by molar-refractivity contribution is 5.61. The number of quaternary nitrogens is 1. The van der Waals surface area contributed by atoms with Crippen LogP contribution in [0.15, 0.2) is 18.2 Å². The van der Waals surface area contributed by atoms with Crippen LogP contribution in [0, 0.1) is 0 Å². The van der Waals surface area contributed by atoms with Gasteiger partial charge in [-0.3, -0.25) is 4.48 Å². The van der Waals surface area contributed by atoms with Gasteiger partial charge in [-0.05, 0) is 6.07 Å². The second-order valence-electron chi connectivity index (χ2n) is 5.45. The van der Waals surface area contributed by atoms with Gasteiger partial charge in [-0.1, -0.05) is 0 Å². The van der Waals surface area contributed by atoms with E-state index in [-0.39, 0.29) is 0 Å². The Bertz CT molecular complexity index is 412. The number of nitrogens with zero attached hydrogens (tertiary/aromatic N) is 1. The van der Waals surface area contributed by atoms with Crippen LogP contribution in [0.1, 0.15) is 12.8 Å². The lowest BCUT2D eigenvalue weighted by Gasteiger charge is -2.40. The van der Waals surface area contributed by atoms with Gasteiger partial charge in [0.05, 0.1) is 32.9 Å². The minimum absolute atomic E-state index is 0.652. The summed E-state index contributed by atoms with van der Waals surface area (Å²) in [4.78, 5) is 0. The summed E-state index contributed by atoms with van der Waals surface area (Å²) in [7, 11) is 6.20. The number of nitrogens with two attached hydrogens (primary N) is 1. The van der Waals surface area contributed by atoms with E-state index in [2.05, 4.69) is 31.5 Å². The van der Waals surface area contributed by atoms with Crippen LogP contribution in [0.5, 0.6) is 5.75 Å². The highest BCUT2D eigenvalue weighted by Gasteiger charge is 2.32. The van der Waals surface area contributed by atoms with Gasteiger partial charge < -0.3 is 15.8 Å². The largest absolute Gasteiger partial charge is 0.494 e. The average molecular weight is 250 g/mol. The number of nitrogens with one attached hydrogen (secondary N) is 1. The summed E-state index contributed by atoms with van der Waals surface area (Å²) in [5, 5.41) is 3.42. The van der Waals surface area contributed by atoms with E-state index in [9.17, 15) is 0 Å². The molecule has 1 aromatic carbocycles. The molecule has 0 atom stereocenters. The summed E-state index contributed by atoms with van der Waals surface area (Å²) in [6.45, 7) is 2.22. The fourth-order valence-electron chi connectivity index (χ4n) is 2.72. The average Bonchev–Trinajstić information content (AvgIpc) is 2.40. The number of ether oxygens (including phenoxy) is 1. The number of hydrogen-bond donors (Lipinski definition) is 2. The Hall–Kier alpha value is -1.26. The van der Waals surface area contributed by atoms with Gasteiger partial charge in [0.15, 0.2) is 0 Å². The first kappa shape index (κ1) is 13.2. The van der Waals surface area contributed by atoms with E-state index in [1.165, 1.54) is 18.5 Å². The zero-order chi connectivity index (χ0) is 13.2. The highest BCUT2D eigenvalue weighted by atomic mass is 16.5. The molecule has 0 saturated carbocycles. The summed E-state index contributed by atoms with van der Waals surface area (Å²) < 4.78 is 6.21. The molecule has 18 heavy (non-hydrogen) atoms. The molecule has 0 amide bonds. The van der Waals surface area contributed by atoms with Crippen LogP contribution in [-0.2, 0) is 0 Å². The van der Waals surface area contributed by atoms with Crippen molar-refractivity contribution in [3.05, 3.63) is 18.2 Å². The number of benzene rings is 1. The molecule has 0 unspecified atom stereocenters. The van der Waals surface area contributed by atoms with Crippen LogP contribution in [0.4, 0.5) is 11.4 Å². The van der Waals surface area contributed by atoms with E-state index in [4.69, 9.17) is 10.5 Å². The molecule has 0 spiro atoms. The zero-order valence-electron chi connectivity index (χ0n) is 11.6. The summed E-state index contributed by atoms with van der Waals surface area (Å²) in [5.74, 6) is 0.771. The Morgan fingerprint density at radius 1 is 1.28 bits per heavy atom. The van der Waals surface area contributed by atoms with Crippen molar-refractivity contribution in [3.8, 4) is 5.75 Å². The molecule has 0 aliphatic carbocycles. The molecule has 3 N–H and O–H groups in total. The maximum atomic E-state index is 5.88. The number of anilines is 1. The van der Waals surface area contributed by atoms with Gasteiger partial charge >= 0.3 is 0 Å². The van der Waals surface area contributed by atoms with Crippen LogP contribution < -0.4 is 20.3 Å². The van der Waals surface area contributed by atoms with Gasteiger partial charge in [-0.25, -0.2) is 0 Å². The van der Waals surface area contributed by atoms with Gasteiger partial charge in [-0.2, -0.15) is 0 Å². The highest BCUT2D eigenvalue weighted by Crippen LogP contribution is 2.32. The smallest absolute Gasteiger partial charge is 0.147 e. The molecule has 4 nitrogen and oxygen atoms in total. The first-order chi connectivity index (χ1) is 8.55. The van der Waals surface area contributed by atoms with Crippen molar-refractivity contribution in [1.82, 2.24) is 9.80 Å². The van der Waals surface area contributed by atoms with Gasteiger partial charge in [-0.15, -0.1) is 0 Å². The third kappa shape index (κ3) is 2.44. The standard InChI is InChI=1S/C14H24N3O/c1-17(2,11-6-8-16-9-7-11)12-4-5-13(15)14(10-12)18-3/h4-5,10-11,16H,6-9,15H2,1-3H3/q+1. The third-order valence-corrected chi connectivity index (χ3v) is 4.10. The molecular formula is C14H24N3O+. The molecule has 1 aliphatic heterocycles. The van der Waals surface area contributed by atoms with Crippen molar-refractivity contribution < 1.29 is 4.74 Å². The lowest BCUT2D eigenvalue weighted by atomic mass is 10.0. The lowest BCUT2D eigenvalue weighted by molar-refractivity contribution is 0.237. The Morgan fingerprint density at radius 2 is 1.94 bits per heavy atom. The van der Waals surface area contributed by atoms with Crippen LogP contribution in [0.25, 0.3) is 0 Å². The van der Waals surface area contributed by atoms with Gasteiger partial charge in [0.1, 0.15) is 11.4 Å². The predicted octanol–water partition coefficient (Wildman–Crippen LogP) is 1.60. The molecule has 0 bridgehead atoms. The van der Waals surface area contributed by atoms with Crippen molar-refractivity contribution in [2.45, 2.75) is 18.9 Å². The predicted molar refractivity (Wildman–Crippen MR) is 76.9 cm³/mol. The Morgan fingerprint density at radius 3 is 2.56 bits per heavy atom. The van der Waals surface area contributed by atoms with E-state index >= 15 is 0 Å². The zero-order valence-corrected chi connectivity index (χ0v) is 11.6. The normalized spacial score (nSPS) is 17.7. The molecule has 0 radical (unpaired) electrons. The van der Waals surface area contributed by atoms with Crippen molar-refractivity contribution >= 4 is 11.4 Å². The quantitative estimate of drug-likeness (QED) is 0.633. The van der Waals surface area contributed by atoms with Crippen molar-refractivity contribution in [3.63, 3.8) is 0 Å². The van der Waals surface area contributed by atoms with Crippen molar-refractivity contribution in [2.75, 3.05) is 40.0 Å². The number of methoxy groups -OCH3 is 1. The fraction of sp³-hybridized carbons (Fsp3) is 0.571. The monoisotopic (exact) mass is 250 g/mol. The van der Waals surface area contributed by atoms with E-state index in [1.807, 2.05) is 6.07 Å². The number of piperidine rings is 1. The topological polar surface area (TPSA) is 47.3 Å². The number of hydrogen-bond acceptors (Lipinski definition) is 3. The van der Waals surface area contributed by atoms with Gasteiger partial charge in [0.2, 0.25) is 0 Å². The lowest BCUT2D eigenvalue weighted by Crippen LogP contribution is -2.54. The summed E-state index contributed by atoms with van der Waals surface area (Å²) in [6, 6.07) is 6.77. The van der Waals surface area contributed by atoms with Gasteiger partial charge in [0.25, 0.3) is 0 Å². The summed E-state index contributed by atoms with van der Waals surface area (Å²) in [6.07, 6.45) is 2.42.